The maximum absolute atomic E-state index is 12.0. The van der Waals surface area contributed by atoms with Crippen molar-refractivity contribution in [2.24, 2.45) is 0 Å². The number of aliphatic hydroxyl groups is 1. The third-order valence-electron chi connectivity index (χ3n) is 2.38. The first-order valence-electron chi connectivity index (χ1n) is 5.83. The van der Waals surface area contributed by atoms with Gasteiger partial charge in [0.05, 0.1) is 18.1 Å². The molecule has 0 unspecified atom stereocenters. The molecule has 7 nitrogen and oxygen atoms in total. The maximum atomic E-state index is 12.0. The van der Waals surface area contributed by atoms with Gasteiger partial charge in [-0.1, -0.05) is 6.07 Å². The zero-order valence-electron chi connectivity index (χ0n) is 10.8. The summed E-state index contributed by atoms with van der Waals surface area (Å²) in [4.78, 5) is 22.3. The lowest BCUT2D eigenvalue weighted by Gasteiger charge is -2.13. The van der Waals surface area contributed by atoms with Gasteiger partial charge in [0.2, 0.25) is 0 Å². The molecule has 0 saturated carbocycles. The third kappa shape index (κ3) is 3.65. The normalized spacial score (nSPS) is 11.7. The zero-order valence-corrected chi connectivity index (χ0v) is 10.8. The fourth-order valence-electron chi connectivity index (χ4n) is 1.52. The van der Waals surface area contributed by atoms with Crippen LogP contribution < -0.4 is 10.1 Å². The largest absolute Gasteiger partial charge is 0.493 e. The number of rotatable bonds is 6. The molecule has 1 amide bonds. The van der Waals surface area contributed by atoms with Crippen LogP contribution in [0.3, 0.4) is 0 Å². The van der Waals surface area contributed by atoms with Crippen LogP contribution in [0.1, 0.15) is 24.2 Å². The van der Waals surface area contributed by atoms with E-state index in [2.05, 4.69) is 5.32 Å². The molecule has 1 aromatic carbocycles. The summed E-state index contributed by atoms with van der Waals surface area (Å²) in [5.41, 5.74) is -0.455. The second kappa shape index (κ2) is 6.69. The first-order valence-corrected chi connectivity index (χ1v) is 5.83. The highest BCUT2D eigenvalue weighted by molar-refractivity contribution is 6.01. The summed E-state index contributed by atoms with van der Waals surface area (Å²) in [6.45, 7) is 3.34. The van der Waals surface area contributed by atoms with Gasteiger partial charge in [-0.15, -0.1) is 0 Å². The lowest BCUT2D eigenvalue weighted by molar-refractivity contribution is -0.385. The summed E-state index contributed by atoms with van der Waals surface area (Å²) in [6.07, 6.45) is 0. The van der Waals surface area contributed by atoms with Crippen LogP contribution in [0.5, 0.6) is 5.75 Å². The van der Waals surface area contributed by atoms with Crippen molar-refractivity contribution in [1.82, 2.24) is 5.32 Å². The molecule has 0 aliphatic carbocycles. The Morgan fingerprint density at radius 3 is 2.79 bits per heavy atom. The van der Waals surface area contributed by atoms with Crippen molar-refractivity contribution in [2.45, 2.75) is 19.9 Å². The van der Waals surface area contributed by atoms with Crippen LogP contribution in [0.15, 0.2) is 18.2 Å². The second-order valence-electron chi connectivity index (χ2n) is 3.90. The minimum atomic E-state index is -0.641. The van der Waals surface area contributed by atoms with Crippen molar-refractivity contribution in [2.75, 3.05) is 13.2 Å². The molecule has 0 radical (unpaired) electrons. The van der Waals surface area contributed by atoms with Crippen LogP contribution in [0.2, 0.25) is 0 Å². The van der Waals surface area contributed by atoms with Gasteiger partial charge < -0.3 is 15.2 Å². The van der Waals surface area contributed by atoms with E-state index in [-0.39, 0.29) is 30.2 Å². The number of aliphatic hydroxyl groups excluding tert-OH is 1. The molecule has 0 spiro atoms. The Bertz CT molecular complexity index is 475. The SMILES string of the molecule is CCOc1cccc([N+](=O)[O-])c1C(=O)N[C@H](C)CO. The van der Waals surface area contributed by atoms with Crippen molar-refractivity contribution >= 4 is 11.6 Å². The van der Waals surface area contributed by atoms with Crippen molar-refractivity contribution in [3.8, 4) is 5.75 Å². The Morgan fingerprint density at radius 2 is 2.26 bits per heavy atom. The molecule has 19 heavy (non-hydrogen) atoms. The van der Waals surface area contributed by atoms with Crippen molar-refractivity contribution in [3.05, 3.63) is 33.9 Å². The number of benzene rings is 1. The number of nitrogens with zero attached hydrogens (tertiary/aromatic N) is 1. The summed E-state index contributed by atoms with van der Waals surface area (Å²) in [5, 5.41) is 22.3. The van der Waals surface area contributed by atoms with Crippen LogP contribution in [0.25, 0.3) is 0 Å². The average molecular weight is 268 g/mol. The van der Waals surface area contributed by atoms with Crippen molar-refractivity contribution < 1.29 is 19.6 Å². The highest BCUT2D eigenvalue weighted by Crippen LogP contribution is 2.28. The van der Waals surface area contributed by atoms with E-state index in [4.69, 9.17) is 9.84 Å². The second-order valence-corrected chi connectivity index (χ2v) is 3.90. The smallest absolute Gasteiger partial charge is 0.285 e. The molecule has 1 aromatic rings. The number of hydrogen-bond acceptors (Lipinski definition) is 5. The fourth-order valence-corrected chi connectivity index (χ4v) is 1.52. The molecule has 104 valence electrons. The quantitative estimate of drug-likeness (QED) is 0.594. The molecule has 0 bridgehead atoms. The fraction of sp³-hybridized carbons (Fsp3) is 0.417. The summed E-state index contributed by atoms with van der Waals surface area (Å²) in [5.74, 6) is -0.489. The molecule has 2 N–H and O–H groups in total. The average Bonchev–Trinajstić information content (AvgIpc) is 2.38. The van der Waals surface area contributed by atoms with E-state index < -0.39 is 16.9 Å². The lowest BCUT2D eigenvalue weighted by Crippen LogP contribution is -2.35. The van der Waals surface area contributed by atoms with Crippen LogP contribution in [0.4, 0.5) is 5.69 Å². The van der Waals surface area contributed by atoms with Crippen LogP contribution in [-0.4, -0.2) is 35.2 Å². The van der Waals surface area contributed by atoms with E-state index in [0.717, 1.165) is 0 Å². The summed E-state index contributed by atoms with van der Waals surface area (Å²) in [7, 11) is 0. The highest BCUT2D eigenvalue weighted by Gasteiger charge is 2.25. The van der Waals surface area contributed by atoms with Gasteiger partial charge in [-0.2, -0.15) is 0 Å². The number of carbonyl (C=O) groups excluding carboxylic acids is 1. The van der Waals surface area contributed by atoms with Gasteiger partial charge in [-0.3, -0.25) is 14.9 Å². The minimum absolute atomic E-state index is 0.130. The zero-order chi connectivity index (χ0) is 14.4. The number of ether oxygens (including phenoxy) is 1. The van der Waals surface area contributed by atoms with E-state index >= 15 is 0 Å². The van der Waals surface area contributed by atoms with Gasteiger partial charge in [0.15, 0.2) is 5.56 Å². The molecule has 0 fully saturated rings. The first kappa shape index (κ1) is 14.9. The highest BCUT2D eigenvalue weighted by atomic mass is 16.6. The molecule has 0 aliphatic rings. The number of hydrogen-bond donors (Lipinski definition) is 2. The van der Waals surface area contributed by atoms with Crippen LogP contribution in [0, 0.1) is 10.1 Å². The van der Waals surface area contributed by atoms with Gasteiger partial charge in [-0.25, -0.2) is 0 Å². The standard InChI is InChI=1S/C12H16N2O5/c1-3-19-10-6-4-5-9(14(17)18)11(10)12(16)13-8(2)7-15/h4-6,8,15H,3,7H2,1-2H3,(H,13,16)/t8-/m1/s1. The molecule has 1 atom stereocenters. The molecule has 7 heteroatoms. The molecule has 0 aliphatic heterocycles. The predicted octanol–water partition coefficient (Wildman–Crippen LogP) is 1.10. The molecule has 1 rings (SSSR count). The Kier molecular flexibility index (Phi) is 5.25. The Balaban J connectivity index is 3.20. The van der Waals surface area contributed by atoms with E-state index in [1.807, 2.05) is 0 Å². The monoisotopic (exact) mass is 268 g/mol. The van der Waals surface area contributed by atoms with Gasteiger partial charge >= 0.3 is 0 Å². The van der Waals surface area contributed by atoms with E-state index in [1.165, 1.54) is 18.2 Å². The number of nitro benzene ring substituents is 1. The van der Waals surface area contributed by atoms with Gasteiger partial charge in [-0.05, 0) is 19.9 Å². The molecule has 0 aromatic heterocycles. The Hall–Kier alpha value is -2.15. The van der Waals surface area contributed by atoms with Crippen LogP contribution >= 0.6 is 0 Å². The van der Waals surface area contributed by atoms with Gasteiger partial charge in [0, 0.05) is 12.1 Å². The minimum Gasteiger partial charge on any atom is -0.493 e. The summed E-state index contributed by atoms with van der Waals surface area (Å²) < 4.78 is 5.24. The van der Waals surface area contributed by atoms with E-state index in [0.29, 0.717) is 0 Å². The predicted molar refractivity (Wildman–Crippen MR) is 68.3 cm³/mol. The van der Waals surface area contributed by atoms with Crippen molar-refractivity contribution in [1.29, 1.82) is 0 Å². The maximum Gasteiger partial charge on any atom is 0.285 e. The summed E-state index contributed by atoms with van der Waals surface area (Å²) in [6, 6.07) is 3.69. The third-order valence-corrected chi connectivity index (χ3v) is 2.38. The first-order chi connectivity index (χ1) is 9.01. The van der Waals surface area contributed by atoms with Gasteiger partial charge in [0.25, 0.3) is 11.6 Å². The molecule has 0 saturated heterocycles. The van der Waals surface area contributed by atoms with Gasteiger partial charge in [0.1, 0.15) is 5.75 Å². The number of nitrogens with one attached hydrogen (secondary N) is 1. The molecule has 0 heterocycles. The Morgan fingerprint density at radius 1 is 1.58 bits per heavy atom. The molecular weight excluding hydrogens is 252 g/mol. The molecular formula is C12H16N2O5. The topological polar surface area (TPSA) is 102 Å². The summed E-state index contributed by atoms with van der Waals surface area (Å²) >= 11 is 0. The lowest BCUT2D eigenvalue weighted by atomic mass is 10.1. The Labute approximate surface area is 110 Å². The number of amides is 1. The van der Waals surface area contributed by atoms with Crippen molar-refractivity contribution in [3.63, 3.8) is 0 Å². The number of carbonyl (C=O) groups is 1. The van der Waals surface area contributed by atoms with Crippen LogP contribution in [-0.2, 0) is 0 Å². The van der Waals surface area contributed by atoms with E-state index in [1.54, 1.807) is 13.8 Å². The van der Waals surface area contributed by atoms with E-state index in [9.17, 15) is 14.9 Å². The number of nitro groups is 1.